The molecule has 2 aliphatic heterocycles. The Bertz CT molecular complexity index is 966. The lowest BCUT2D eigenvalue weighted by atomic mass is 9.97. The van der Waals surface area contributed by atoms with Crippen molar-refractivity contribution in [2.75, 3.05) is 31.2 Å². The Morgan fingerprint density at radius 1 is 1.17 bits per heavy atom. The number of carboxylic acid groups (broad SMARTS) is 1. The Kier molecular flexibility index (Phi) is 5.99. The van der Waals surface area contributed by atoms with Crippen LogP contribution in [0.2, 0.25) is 0 Å². The maximum Gasteiger partial charge on any atom is 0.358 e. The molecular formula is C23H25N3O4. The summed E-state index contributed by atoms with van der Waals surface area (Å²) in [6.07, 6.45) is 1.60. The van der Waals surface area contributed by atoms with E-state index >= 15 is 0 Å². The quantitative estimate of drug-likeness (QED) is 0.741. The molecule has 0 bridgehead atoms. The van der Waals surface area contributed by atoms with Gasteiger partial charge in [-0.05, 0) is 18.6 Å². The monoisotopic (exact) mass is 407 g/mol. The lowest BCUT2D eigenvalue weighted by molar-refractivity contribution is -0.134. The number of aliphatic carboxylic acids is 1. The second kappa shape index (κ2) is 9.00. The molecule has 7 nitrogen and oxygen atoms in total. The maximum atomic E-state index is 12.2. The fourth-order valence-electron chi connectivity index (χ4n) is 3.85. The highest BCUT2D eigenvalue weighted by Crippen LogP contribution is 2.38. The fraction of sp³-hybridized carbons (Fsp3) is 0.304. The zero-order valence-electron chi connectivity index (χ0n) is 17.0. The molecule has 0 unspecified atom stereocenters. The largest absolute Gasteiger partial charge is 0.486 e. The summed E-state index contributed by atoms with van der Waals surface area (Å²) in [5.41, 5.74) is 3.90. The van der Waals surface area contributed by atoms with E-state index in [-0.39, 0.29) is 12.3 Å². The zero-order valence-corrected chi connectivity index (χ0v) is 17.0. The second-order valence-corrected chi connectivity index (χ2v) is 7.09. The number of carboxylic acids is 1. The van der Waals surface area contributed by atoms with E-state index < -0.39 is 5.97 Å². The Balaban J connectivity index is 1.79. The number of fused-ring (bicyclic) bond motifs is 1. The number of anilines is 1. The van der Waals surface area contributed by atoms with Crippen molar-refractivity contribution in [2.24, 2.45) is 5.10 Å². The van der Waals surface area contributed by atoms with Gasteiger partial charge in [0, 0.05) is 36.1 Å². The minimum atomic E-state index is -1.06. The molecule has 7 heteroatoms. The molecule has 0 saturated carbocycles. The molecule has 4 rings (SSSR count). The van der Waals surface area contributed by atoms with Gasteiger partial charge in [0.05, 0.1) is 19.8 Å². The summed E-state index contributed by atoms with van der Waals surface area (Å²) in [7, 11) is 0. The van der Waals surface area contributed by atoms with Crippen LogP contribution >= 0.6 is 0 Å². The number of rotatable bonds is 6. The van der Waals surface area contributed by atoms with E-state index in [1.807, 2.05) is 42.5 Å². The van der Waals surface area contributed by atoms with Crippen LogP contribution in [0.25, 0.3) is 5.76 Å². The Morgan fingerprint density at radius 3 is 2.63 bits per heavy atom. The number of benzene rings is 2. The molecule has 2 aromatic rings. The summed E-state index contributed by atoms with van der Waals surface area (Å²) in [4.78, 5) is 14.5. The Morgan fingerprint density at radius 2 is 1.93 bits per heavy atom. The van der Waals surface area contributed by atoms with Crippen molar-refractivity contribution in [2.45, 2.75) is 20.1 Å². The van der Waals surface area contributed by atoms with Crippen molar-refractivity contribution in [1.82, 2.24) is 5.01 Å². The van der Waals surface area contributed by atoms with Crippen molar-refractivity contribution >= 4 is 23.6 Å². The first-order chi connectivity index (χ1) is 14.7. The molecular weight excluding hydrogens is 382 g/mol. The van der Waals surface area contributed by atoms with Crippen LogP contribution in [0.15, 0.2) is 59.3 Å². The number of morpholine rings is 1. The van der Waals surface area contributed by atoms with Crippen LogP contribution in [-0.4, -0.2) is 48.6 Å². The predicted molar refractivity (Wildman–Crippen MR) is 115 cm³/mol. The molecule has 0 radical (unpaired) electrons. The number of nitrogens with zero attached hydrogens (tertiary/aromatic N) is 3. The highest BCUT2D eigenvalue weighted by Gasteiger charge is 2.33. The van der Waals surface area contributed by atoms with Gasteiger partial charge in [-0.25, -0.2) is 4.79 Å². The van der Waals surface area contributed by atoms with Crippen LogP contribution in [-0.2, 0) is 27.4 Å². The lowest BCUT2D eigenvalue weighted by Crippen LogP contribution is -2.38. The average molecular weight is 407 g/mol. The molecule has 2 aliphatic rings. The number of hydrazone groups is 1. The third-order valence-corrected chi connectivity index (χ3v) is 5.21. The van der Waals surface area contributed by atoms with Crippen LogP contribution in [0.1, 0.15) is 23.6 Å². The van der Waals surface area contributed by atoms with E-state index in [9.17, 15) is 9.90 Å². The summed E-state index contributed by atoms with van der Waals surface area (Å²) in [6, 6.07) is 15.7. The van der Waals surface area contributed by atoms with E-state index in [2.05, 4.69) is 16.1 Å². The van der Waals surface area contributed by atoms with E-state index in [0.29, 0.717) is 25.5 Å². The molecule has 0 aliphatic carbocycles. The zero-order chi connectivity index (χ0) is 20.9. The van der Waals surface area contributed by atoms with Crippen LogP contribution in [0, 0.1) is 0 Å². The normalized spacial score (nSPS) is 16.7. The van der Waals surface area contributed by atoms with Crippen LogP contribution in [0.5, 0.6) is 0 Å². The number of hydrogen-bond donors (Lipinski definition) is 1. The average Bonchev–Trinajstić information content (AvgIpc) is 2.78. The topological polar surface area (TPSA) is 74.6 Å². The van der Waals surface area contributed by atoms with Crippen molar-refractivity contribution in [3.8, 4) is 0 Å². The molecule has 0 aromatic heterocycles. The number of ether oxygens (including phenoxy) is 2. The van der Waals surface area contributed by atoms with Gasteiger partial charge in [-0.3, -0.25) is 5.01 Å². The van der Waals surface area contributed by atoms with Gasteiger partial charge in [0.15, 0.2) is 11.5 Å². The molecule has 0 atom stereocenters. The SMILES string of the molecule is C/C=N\N1Cc2c(cccc2N2CCOCC2)C(OCc2ccccc2)=C1C(=O)O. The summed E-state index contributed by atoms with van der Waals surface area (Å²) in [6.45, 7) is 5.35. The first-order valence-corrected chi connectivity index (χ1v) is 10.0. The van der Waals surface area contributed by atoms with E-state index in [0.717, 1.165) is 35.5 Å². The van der Waals surface area contributed by atoms with E-state index in [1.54, 1.807) is 13.1 Å². The Labute approximate surface area is 175 Å². The van der Waals surface area contributed by atoms with Gasteiger partial charge >= 0.3 is 5.97 Å². The van der Waals surface area contributed by atoms with E-state index in [1.165, 1.54) is 5.01 Å². The van der Waals surface area contributed by atoms with Crippen molar-refractivity contribution < 1.29 is 19.4 Å². The molecule has 0 spiro atoms. The van der Waals surface area contributed by atoms with E-state index in [4.69, 9.17) is 9.47 Å². The second-order valence-electron chi connectivity index (χ2n) is 7.09. The van der Waals surface area contributed by atoms with Crippen LogP contribution in [0.3, 0.4) is 0 Å². The van der Waals surface area contributed by atoms with Gasteiger partial charge in [-0.1, -0.05) is 42.5 Å². The third-order valence-electron chi connectivity index (χ3n) is 5.21. The Hall–Kier alpha value is -3.32. The fourth-order valence-corrected chi connectivity index (χ4v) is 3.85. The highest BCUT2D eigenvalue weighted by atomic mass is 16.5. The van der Waals surface area contributed by atoms with Crippen LogP contribution in [0.4, 0.5) is 5.69 Å². The predicted octanol–water partition coefficient (Wildman–Crippen LogP) is 3.31. The van der Waals surface area contributed by atoms with Crippen molar-refractivity contribution in [3.63, 3.8) is 0 Å². The molecule has 0 amide bonds. The highest BCUT2D eigenvalue weighted by molar-refractivity contribution is 5.96. The first-order valence-electron chi connectivity index (χ1n) is 10.0. The first kappa shape index (κ1) is 20.0. The van der Waals surface area contributed by atoms with Crippen LogP contribution < -0.4 is 4.90 Å². The van der Waals surface area contributed by atoms with Gasteiger partial charge in [0.1, 0.15) is 6.61 Å². The van der Waals surface area contributed by atoms with Gasteiger partial charge in [0.25, 0.3) is 0 Å². The van der Waals surface area contributed by atoms with Gasteiger partial charge < -0.3 is 19.5 Å². The van der Waals surface area contributed by atoms with Crippen molar-refractivity contribution in [1.29, 1.82) is 0 Å². The molecule has 30 heavy (non-hydrogen) atoms. The third kappa shape index (κ3) is 4.02. The molecule has 156 valence electrons. The van der Waals surface area contributed by atoms with Gasteiger partial charge in [-0.15, -0.1) is 0 Å². The molecule has 1 fully saturated rings. The number of hydrogen-bond acceptors (Lipinski definition) is 6. The summed E-state index contributed by atoms with van der Waals surface area (Å²) in [5, 5.41) is 15.8. The summed E-state index contributed by atoms with van der Waals surface area (Å²) in [5.74, 6) is -0.723. The minimum Gasteiger partial charge on any atom is -0.486 e. The lowest BCUT2D eigenvalue weighted by Gasteiger charge is -2.35. The number of carbonyl (C=O) groups is 1. The molecule has 2 aromatic carbocycles. The van der Waals surface area contributed by atoms with Gasteiger partial charge in [-0.2, -0.15) is 5.10 Å². The smallest absolute Gasteiger partial charge is 0.358 e. The molecule has 2 heterocycles. The maximum absolute atomic E-state index is 12.2. The molecule has 1 saturated heterocycles. The summed E-state index contributed by atoms with van der Waals surface area (Å²) >= 11 is 0. The van der Waals surface area contributed by atoms with Crippen molar-refractivity contribution in [3.05, 3.63) is 70.9 Å². The van der Waals surface area contributed by atoms with Gasteiger partial charge in [0.2, 0.25) is 0 Å². The molecule has 1 N–H and O–H groups in total. The minimum absolute atomic E-state index is 0.0515. The standard InChI is InChI=1S/C23H25N3O4/c1-2-24-26-15-19-18(9-6-10-20(19)25-11-13-29-14-12-25)22(21(26)23(27)28)30-16-17-7-4-3-5-8-17/h2-10H,11-16H2,1H3,(H,27,28)/b24-2-. The summed E-state index contributed by atoms with van der Waals surface area (Å²) < 4.78 is 11.6.